The van der Waals surface area contributed by atoms with E-state index in [2.05, 4.69) is 5.32 Å². The summed E-state index contributed by atoms with van der Waals surface area (Å²) in [6, 6.07) is 5.41. The summed E-state index contributed by atoms with van der Waals surface area (Å²) in [7, 11) is 0. The molecule has 1 aliphatic rings. The smallest absolute Gasteiger partial charge is 0.252 e. The van der Waals surface area contributed by atoms with Crippen LogP contribution in [0.3, 0.4) is 0 Å². The third kappa shape index (κ3) is 1.12. The minimum absolute atomic E-state index is 0.313. The maximum atomic E-state index is 11.5. The molecule has 1 heterocycles. The van der Waals surface area contributed by atoms with Crippen molar-refractivity contribution in [3.8, 4) is 0 Å². The number of benzene rings is 1. The van der Waals surface area contributed by atoms with E-state index in [-0.39, 0.29) is 11.7 Å². The maximum Gasteiger partial charge on any atom is 0.252 e. The number of carbonyl (C=O) groups excluding carboxylic acids is 3. The summed E-state index contributed by atoms with van der Waals surface area (Å²) < 4.78 is 0. The lowest BCUT2D eigenvalue weighted by Gasteiger charge is -2.19. The number of fused-ring (bicyclic) bond motifs is 1. The fraction of sp³-hybridized carbons (Fsp3) is 0.100. The SMILES string of the molecule is O=CC1NC(=O)c2ccccc2C1=O. The van der Waals surface area contributed by atoms with Gasteiger partial charge in [-0.05, 0) is 6.07 Å². The average molecular weight is 189 g/mol. The van der Waals surface area contributed by atoms with Crippen LogP contribution < -0.4 is 5.32 Å². The molecule has 1 aliphatic heterocycles. The molecule has 1 atom stereocenters. The zero-order valence-corrected chi connectivity index (χ0v) is 7.19. The Balaban J connectivity index is 2.57. The number of ketones is 1. The quantitative estimate of drug-likeness (QED) is 0.506. The summed E-state index contributed by atoms with van der Waals surface area (Å²) >= 11 is 0. The zero-order valence-electron chi connectivity index (χ0n) is 7.19. The molecule has 1 unspecified atom stereocenters. The molecule has 0 fully saturated rings. The Labute approximate surface area is 79.9 Å². The highest BCUT2D eigenvalue weighted by molar-refractivity contribution is 6.20. The first kappa shape index (κ1) is 8.62. The van der Waals surface area contributed by atoms with E-state index in [9.17, 15) is 14.4 Å². The Morgan fingerprint density at radius 1 is 1.14 bits per heavy atom. The highest BCUT2D eigenvalue weighted by atomic mass is 16.2. The van der Waals surface area contributed by atoms with Crippen LogP contribution in [0.2, 0.25) is 0 Å². The number of rotatable bonds is 1. The molecule has 0 saturated carbocycles. The molecule has 14 heavy (non-hydrogen) atoms. The van der Waals surface area contributed by atoms with Crippen LogP contribution >= 0.6 is 0 Å². The van der Waals surface area contributed by atoms with Crippen molar-refractivity contribution in [2.75, 3.05) is 0 Å². The summed E-state index contributed by atoms with van der Waals surface area (Å²) in [5.74, 6) is -0.729. The van der Waals surface area contributed by atoms with Gasteiger partial charge in [0.1, 0.15) is 12.3 Å². The molecule has 4 nitrogen and oxygen atoms in total. The largest absolute Gasteiger partial charge is 0.335 e. The summed E-state index contributed by atoms with van der Waals surface area (Å²) in [6.45, 7) is 0. The molecule has 1 aromatic rings. The molecule has 4 heteroatoms. The topological polar surface area (TPSA) is 63.2 Å². The van der Waals surface area contributed by atoms with E-state index in [1.54, 1.807) is 24.3 Å². The zero-order chi connectivity index (χ0) is 10.1. The Morgan fingerprint density at radius 2 is 1.79 bits per heavy atom. The van der Waals surface area contributed by atoms with Gasteiger partial charge in [0.05, 0.1) is 5.56 Å². The molecule has 0 radical (unpaired) electrons. The van der Waals surface area contributed by atoms with E-state index in [0.29, 0.717) is 17.4 Å². The van der Waals surface area contributed by atoms with E-state index >= 15 is 0 Å². The molecule has 1 aromatic carbocycles. The Morgan fingerprint density at radius 3 is 2.43 bits per heavy atom. The monoisotopic (exact) mass is 189 g/mol. The number of nitrogens with one attached hydrogen (secondary N) is 1. The highest BCUT2D eigenvalue weighted by Crippen LogP contribution is 2.15. The third-order valence-corrected chi connectivity index (χ3v) is 2.14. The Hall–Kier alpha value is -1.97. The summed E-state index contributed by atoms with van der Waals surface area (Å²) in [4.78, 5) is 33.4. The van der Waals surface area contributed by atoms with Gasteiger partial charge in [-0.25, -0.2) is 0 Å². The van der Waals surface area contributed by atoms with Crippen LogP contribution in [-0.2, 0) is 4.79 Å². The molecule has 2 rings (SSSR count). The van der Waals surface area contributed by atoms with Gasteiger partial charge in [-0.3, -0.25) is 9.59 Å². The molecule has 0 bridgehead atoms. The molecule has 1 amide bonds. The van der Waals surface area contributed by atoms with Gasteiger partial charge in [0, 0.05) is 5.56 Å². The van der Waals surface area contributed by atoms with Crippen molar-refractivity contribution in [3.63, 3.8) is 0 Å². The lowest BCUT2D eigenvalue weighted by atomic mass is 9.95. The number of hydrogen-bond donors (Lipinski definition) is 1. The van der Waals surface area contributed by atoms with Gasteiger partial charge in [-0.1, -0.05) is 18.2 Å². The predicted octanol–water partition coefficient (Wildman–Crippen LogP) is 0.180. The van der Waals surface area contributed by atoms with E-state index in [1.807, 2.05) is 0 Å². The number of amides is 1. The second kappa shape index (κ2) is 3.06. The lowest BCUT2D eigenvalue weighted by molar-refractivity contribution is -0.108. The highest BCUT2D eigenvalue weighted by Gasteiger charge is 2.30. The molecule has 0 aromatic heterocycles. The van der Waals surface area contributed by atoms with Crippen LogP contribution in [0.1, 0.15) is 20.7 Å². The van der Waals surface area contributed by atoms with Crippen LogP contribution in [-0.4, -0.2) is 24.0 Å². The second-order valence-corrected chi connectivity index (χ2v) is 3.00. The fourth-order valence-electron chi connectivity index (χ4n) is 1.44. The number of aldehydes is 1. The van der Waals surface area contributed by atoms with Crippen LogP contribution in [0.4, 0.5) is 0 Å². The number of Topliss-reactive ketones (excluding diaryl/α,β-unsaturated/α-hetero) is 1. The third-order valence-electron chi connectivity index (χ3n) is 2.14. The maximum absolute atomic E-state index is 11.5. The first-order valence-corrected chi connectivity index (χ1v) is 4.13. The predicted molar refractivity (Wildman–Crippen MR) is 48.1 cm³/mol. The Bertz CT molecular complexity index is 425. The molecule has 0 saturated heterocycles. The van der Waals surface area contributed by atoms with E-state index in [0.717, 1.165) is 0 Å². The molecule has 70 valence electrons. The van der Waals surface area contributed by atoms with Gasteiger partial charge < -0.3 is 10.1 Å². The number of hydrogen-bond acceptors (Lipinski definition) is 3. The first-order chi connectivity index (χ1) is 6.74. The lowest BCUT2D eigenvalue weighted by Crippen LogP contribution is -2.47. The van der Waals surface area contributed by atoms with Crippen molar-refractivity contribution in [1.29, 1.82) is 0 Å². The van der Waals surface area contributed by atoms with Crippen molar-refractivity contribution >= 4 is 18.0 Å². The average Bonchev–Trinajstić information content (AvgIpc) is 2.23. The van der Waals surface area contributed by atoms with Gasteiger partial charge >= 0.3 is 0 Å². The van der Waals surface area contributed by atoms with Crippen LogP contribution in [0, 0.1) is 0 Å². The Kier molecular flexibility index (Phi) is 1.89. The molecular formula is C10H7NO3. The standard InChI is InChI=1S/C10H7NO3/c12-5-8-9(13)6-3-1-2-4-7(6)10(14)11-8/h1-5,8H,(H,11,14). The minimum Gasteiger partial charge on any atom is -0.335 e. The first-order valence-electron chi connectivity index (χ1n) is 4.13. The van der Waals surface area contributed by atoms with Crippen molar-refractivity contribution in [2.45, 2.75) is 6.04 Å². The van der Waals surface area contributed by atoms with Gasteiger partial charge in [-0.2, -0.15) is 0 Å². The molecule has 0 spiro atoms. The number of carbonyl (C=O) groups is 3. The van der Waals surface area contributed by atoms with Gasteiger partial charge in [0.15, 0.2) is 5.78 Å². The molecular weight excluding hydrogens is 182 g/mol. The van der Waals surface area contributed by atoms with Gasteiger partial charge in [-0.15, -0.1) is 0 Å². The van der Waals surface area contributed by atoms with Gasteiger partial charge in [0.2, 0.25) is 0 Å². The summed E-state index contributed by atoms with van der Waals surface area (Å²) in [5.41, 5.74) is 0.643. The van der Waals surface area contributed by atoms with E-state index < -0.39 is 6.04 Å². The van der Waals surface area contributed by atoms with Crippen molar-refractivity contribution in [1.82, 2.24) is 5.32 Å². The minimum atomic E-state index is -1.03. The van der Waals surface area contributed by atoms with Crippen molar-refractivity contribution in [3.05, 3.63) is 35.4 Å². The van der Waals surface area contributed by atoms with Crippen LogP contribution in [0.25, 0.3) is 0 Å². The van der Waals surface area contributed by atoms with Crippen molar-refractivity contribution in [2.24, 2.45) is 0 Å². The van der Waals surface area contributed by atoms with Crippen molar-refractivity contribution < 1.29 is 14.4 Å². The second-order valence-electron chi connectivity index (χ2n) is 3.00. The van der Waals surface area contributed by atoms with E-state index in [4.69, 9.17) is 0 Å². The van der Waals surface area contributed by atoms with Gasteiger partial charge in [0.25, 0.3) is 5.91 Å². The summed E-state index contributed by atoms with van der Waals surface area (Å²) in [5, 5.41) is 2.32. The van der Waals surface area contributed by atoms with Crippen LogP contribution in [0.15, 0.2) is 24.3 Å². The molecule has 1 N–H and O–H groups in total. The van der Waals surface area contributed by atoms with Crippen LogP contribution in [0.5, 0.6) is 0 Å². The summed E-state index contributed by atoms with van der Waals surface area (Å²) in [6.07, 6.45) is 0.441. The normalized spacial score (nSPS) is 19.9. The van der Waals surface area contributed by atoms with E-state index in [1.165, 1.54) is 0 Å². The fourth-order valence-corrected chi connectivity index (χ4v) is 1.44. The molecule has 0 aliphatic carbocycles.